The van der Waals surface area contributed by atoms with E-state index in [0.29, 0.717) is 5.82 Å². The van der Waals surface area contributed by atoms with Crippen molar-refractivity contribution in [2.24, 2.45) is 4.99 Å². The van der Waals surface area contributed by atoms with Gasteiger partial charge in [-0.1, -0.05) is 6.07 Å². The molecule has 0 saturated carbocycles. The Labute approximate surface area is 117 Å². The van der Waals surface area contributed by atoms with Crippen LogP contribution >= 0.6 is 18.6 Å². The summed E-state index contributed by atoms with van der Waals surface area (Å²) in [6, 6.07) is 16.4. The van der Waals surface area contributed by atoms with E-state index in [2.05, 4.69) is 16.0 Å². The predicted octanol–water partition coefficient (Wildman–Crippen LogP) is 4.01. The van der Waals surface area contributed by atoms with Gasteiger partial charge in [-0.2, -0.15) is 0 Å². The molecule has 0 bridgehead atoms. The molecule has 0 atom stereocenters. The van der Waals surface area contributed by atoms with E-state index in [0.717, 1.165) is 5.56 Å². The Hall–Kier alpha value is -0.666. The molecule has 0 N–H and O–H groups in total. The van der Waals surface area contributed by atoms with Gasteiger partial charge in [0.15, 0.2) is 0 Å². The molecule has 0 unspecified atom stereocenters. The number of nitrogens with zero attached hydrogens (tertiary/aromatic N) is 2. The standard InChI is InChI=1S/C12H9N2.2ClH.Ti/c1-2-6-11(7-3-1)10-14-12-8-4-5-9-13-12;;;/h1-6,8-10H;2*1H;/q-1;;;+2/p-2. The summed E-state index contributed by atoms with van der Waals surface area (Å²) in [5.74, 6) is 0.713. The van der Waals surface area contributed by atoms with Gasteiger partial charge in [-0.15, -0.1) is 35.9 Å². The molecular formula is C12H9Cl2N2Ti-. The van der Waals surface area contributed by atoms with Crippen LogP contribution in [0.3, 0.4) is 0 Å². The molecular weight excluding hydrogens is 291 g/mol. The third kappa shape index (κ3) is 6.59. The van der Waals surface area contributed by atoms with E-state index in [4.69, 9.17) is 18.6 Å². The molecule has 0 saturated heterocycles. The van der Waals surface area contributed by atoms with Crippen LogP contribution in [0.25, 0.3) is 0 Å². The minimum Gasteiger partial charge on any atom is -0.287 e. The molecule has 0 amide bonds. The molecule has 0 fully saturated rings. The van der Waals surface area contributed by atoms with E-state index in [1.54, 1.807) is 12.4 Å². The van der Waals surface area contributed by atoms with Crippen LogP contribution in [0.15, 0.2) is 53.7 Å². The van der Waals surface area contributed by atoms with Gasteiger partial charge >= 0.3 is 35.6 Å². The largest absolute Gasteiger partial charge is 0.287 e. The number of aliphatic imine (C=N–C) groups is 1. The van der Waals surface area contributed by atoms with E-state index in [1.165, 1.54) is 0 Å². The van der Waals surface area contributed by atoms with Crippen LogP contribution in [-0.4, -0.2) is 11.2 Å². The Bertz CT molecular complexity index is 393. The molecule has 17 heavy (non-hydrogen) atoms. The van der Waals surface area contributed by atoms with Crippen LogP contribution in [0, 0.1) is 6.07 Å². The van der Waals surface area contributed by atoms with Gasteiger partial charge in [0.2, 0.25) is 0 Å². The quantitative estimate of drug-likeness (QED) is 0.467. The molecule has 0 aliphatic rings. The number of halogens is 2. The zero-order valence-corrected chi connectivity index (χ0v) is 11.9. The summed E-state index contributed by atoms with van der Waals surface area (Å²) in [5.41, 5.74) is 0.957. The minimum absolute atomic E-state index is 0.556. The second kappa shape index (κ2) is 9.37. The van der Waals surface area contributed by atoms with Crippen LogP contribution in [0.1, 0.15) is 5.56 Å². The Morgan fingerprint density at radius 1 is 1.18 bits per heavy atom. The van der Waals surface area contributed by atoms with Gasteiger partial charge in [-0.3, -0.25) is 4.99 Å². The van der Waals surface area contributed by atoms with Gasteiger partial charge < -0.3 is 0 Å². The molecule has 0 aliphatic heterocycles. The summed E-state index contributed by atoms with van der Waals surface area (Å²) in [6.45, 7) is 0. The van der Waals surface area contributed by atoms with Gasteiger partial charge in [0.05, 0.1) is 0 Å². The van der Waals surface area contributed by atoms with Crippen molar-refractivity contribution >= 4 is 30.6 Å². The second-order valence-electron chi connectivity index (χ2n) is 2.84. The van der Waals surface area contributed by atoms with Crippen LogP contribution in [0.2, 0.25) is 0 Å². The number of pyridine rings is 1. The third-order valence-corrected chi connectivity index (χ3v) is 1.72. The minimum atomic E-state index is -0.556. The van der Waals surface area contributed by atoms with Crippen molar-refractivity contribution in [3.05, 3.63) is 60.3 Å². The van der Waals surface area contributed by atoms with Crippen molar-refractivity contribution in [1.29, 1.82) is 0 Å². The van der Waals surface area contributed by atoms with Gasteiger partial charge in [0, 0.05) is 6.20 Å². The van der Waals surface area contributed by atoms with Crippen molar-refractivity contribution in [3.63, 3.8) is 0 Å². The number of rotatable bonds is 2. The van der Waals surface area contributed by atoms with Gasteiger partial charge in [-0.05, 0) is 18.3 Å². The predicted molar refractivity (Wildman–Crippen MR) is 68.5 cm³/mol. The van der Waals surface area contributed by atoms with Crippen molar-refractivity contribution in [1.82, 2.24) is 4.98 Å². The van der Waals surface area contributed by atoms with Crippen molar-refractivity contribution in [3.8, 4) is 0 Å². The molecule has 1 aromatic carbocycles. The van der Waals surface area contributed by atoms with Crippen LogP contribution in [0.5, 0.6) is 0 Å². The Morgan fingerprint density at radius 3 is 2.53 bits per heavy atom. The molecule has 2 rings (SSSR count). The van der Waals surface area contributed by atoms with Gasteiger partial charge in [0.1, 0.15) is 5.82 Å². The Morgan fingerprint density at radius 2 is 1.94 bits per heavy atom. The summed E-state index contributed by atoms with van der Waals surface area (Å²) in [6.07, 6.45) is 3.48. The fraction of sp³-hybridized carbons (Fsp3) is 0. The summed E-state index contributed by atoms with van der Waals surface area (Å²) in [4.78, 5) is 8.29. The fourth-order valence-corrected chi connectivity index (χ4v) is 1.05. The molecule has 1 aromatic heterocycles. The second-order valence-corrected chi connectivity index (χ2v) is 5.41. The van der Waals surface area contributed by atoms with Gasteiger partial charge in [0.25, 0.3) is 0 Å². The maximum atomic E-state index is 4.89. The molecule has 1 heterocycles. The van der Waals surface area contributed by atoms with E-state index < -0.39 is 17.0 Å². The number of benzene rings is 1. The maximum absolute atomic E-state index is 4.89. The number of aromatic nitrogens is 1. The molecule has 5 heteroatoms. The average Bonchev–Trinajstić information content (AvgIpc) is 2.40. The van der Waals surface area contributed by atoms with E-state index >= 15 is 0 Å². The Balaban J connectivity index is 0.000000437. The molecule has 0 spiro atoms. The Kier molecular flexibility index (Phi) is 7.94. The van der Waals surface area contributed by atoms with E-state index in [-0.39, 0.29) is 0 Å². The topological polar surface area (TPSA) is 25.2 Å². The molecule has 86 valence electrons. The average molecular weight is 300 g/mol. The molecule has 2 aromatic rings. The molecule has 0 aliphatic carbocycles. The number of hydrogen-bond acceptors (Lipinski definition) is 2. The monoisotopic (exact) mass is 299 g/mol. The first-order valence-electron chi connectivity index (χ1n) is 4.75. The first kappa shape index (κ1) is 14.4. The van der Waals surface area contributed by atoms with E-state index in [9.17, 15) is 0 Å². The maximum Gasteiger partial charge on any atom is 0.142 e. The summed E-state index contributed by atoms with van der Waals surface area (Å²) in [7, 11) is 9.78. The van der Waals surface area contributed by atoms with E-state index in [1.807, 2.05) is 42.5 Å². The molecule has 2 nitrogen and oxygen atoms in total. The first-order chi connectivity index (χ1) is 8.36. The van der Waals surface area contributed by atoms with Crippen LogP contribution < -0.4 is 0 Å². The fourth-order valence-electron chi connectivity index (χ4n) is 1.05. The molecule has 0 radical (unpaired) electrons. The van der Waals surface area contributed by atoms with Crippen molar-refractivity contribution < 1.29 is 17.0 Å². The summed E-state index contributed by atoms with van der Waals surface area (Å²) >= 11 is -0.556. The van der Waals surface area contributed by atoms with Crippen LogP contribution in [0.4, 0.5) is 5.82 Å². The zero-order valence-electron chi connectivity index (χ0n) is 8.85. The summed E-state index contributed by atoms with van der Waals surface area (Å²) < 4.78 is 0. The van der Waals surface area contributed by atoms with Crippen molar-refractivity contribution in [2.45, 2.75) is 0 Å². The normalized spacial score (nSPS) is 9.53. The third-order valence-electron chi connectivity index (χ3n) is 1.72. The zero-order chi connectivity index (χ0) is 12.3. The van der Waals surface area contributed by atoms with Gasteiger partial charge in [-0.25, -0.2) is 4.98 Å². The van der Waals surface area contributed by atoms with Crippen molar-refractivity contribution in [2.75, 3.05) is 0 Å². The first-order valence-corrected chi connectivity index (χ1v) is 9.04. The summed E-state index contributed by atoms with van der Waals surface area (Å²) in [5, 5.41) is 0. The van der Waals surface area contributed by atoms with Crippen LogP contribution in [-0.2, 0) is 17.0 Å². The number of hydrogen-bond donors (Lipinski definition) is 0. The smallest absolute Gasteiger partial charge is 0.142 e. The SMILES string of the molecule is [Cl][Ti][Cl].[c-]1ccccc1C=Nc1ccccn1.